The van der Waals surface area contributed by atoms with Gasteiger partial charge >= 0.3 is 0 Å². The van der Waals surface area contributed by atoms with Gasteiger partial charge in [0.1, 0.15) is 0 Å². The number of nitrogens with one attached hydrogen (secondary N) is 2. The van der Waals surface area contributed by atoms with E-state index in [0.29, 0.717) is 16.5 Å². The third kappa shape index (κ3) is 4.40. The largest absolute Gasteiger partial charge is 0.372 e. The molecular formula is C21H20ClN5O. The molecule has 0 radical (unpaired) electrons. The second-order valence-electron chi connectivity index (χ2n) is 6.63. The maximum atomic E-state index is 12.3. The lowest BCUT2D eigenvalue weighted by Crippen LogP contribution is -2.17. The number of carbonyl (C=O) groups excluding carboxylic acids is 1. The SMILES string of the molecule is O=C(Nc1cccc(Cl)c1)c1ccc(Nc2ccc(N3CCCC3)cc2)nn1. The van der Waals surface area contributed by atoms with Gasteiger partial charge in [-0.1, -0.05) is 17.7 Å². The summed E-state index contributed by atoms with van der Waals surface area (Å²) >= 11 is 5.93. The molecule has 1 aliphatic heterocycles. The zero-order valence-corrected chi connectivity index (χ0v) is 16.0. The topological polar surface area (TPSA) is 70.2 Å². The van der Waals surface area contributed by atoms with Crippen LogP contribution in [-0.2, 0) is 0 Å². The van der Waals surface area contributed by atoms with E-state index in [1.54, 1.807) is 36.4 Å². The van der Waals surface area contributed by atoms with E-state index in [9.17, 15) is 4.79 Å². The Kier molecular flexibility index (Phi) is 5.39. The minimum atomic E-state index is -0.337. The molecule has 1 saturated heterocycles. The highest BCUT2D eigenvalue weighted by Gasteiger charge is 2.12. The molecule has 4 rings (SSSR count). The number of halogens is 1. The molecule has 0 aliphatic carbocycles. The Morgan fingerprint density at radius 1 is 0.929 bits per heavy atom. The Morgan fingerprint density at radius 2 is 1.71 bits per heavy atom. The molecular weight excluding hydrogens is 374 g/mol. The van der Waals surface area contributed by atoms with Crippen molar-refractivity contribution in [1.82, 2.24) is 10.2 Å². The molecule has 2 N–H and O–H groups in total. The quantitative estimate of drug-likeness (QED) is 0.656. The summed E-state index contributed by atoms with van der Waals surface area (Å²) in [6.07, 6.45) is 2.51. The fourth-order valence-corrected chi connectivity index (χ4v) is 3.35. The first-order valence-corrected chi connectivity index (χ1v) is 9.58. The Balaban J connectivity index is 1.38. The van der Waals surface area contributed by atoms with Crippen molar-refractivity contribution >= 4 is 40.4 Å². The Hall–Kier alpha value is -3.12. The molecule has 0 saturated carbocycles. The lowest BCUT2D eigenvalue weighted by atomic mass is 10.2. The molecule has 1 fully saturated rings. The van der Waals surface area contributed by atoms with Gasteiger partial charge in [-0.05, 0) is 67.4 Å². The number of hydrogen-bond donors (Lipinski definition) is 2. The molecule has 1 aliphatic rings. The van der Waals surface area contributed by atoms with Crippen LogP contribution in [0.15, 0.2) is 60.7 Å². The first-order chi connectivity index (χ1) is 13.7. The van der Waals surface area contributed by atoms with Crippen LogP contribution >= 0.6 is 11.6 Å². The van der Waals surface area contributed by atoms with Crippen molar-refractivity contribution in [2.24, 2.45) is 0 Å². The molecule has 0 atom stereocenters. The van der Waals surface area contributed by atoms with E-state index in [2.05, 4.69) is 37.9 Å². The van der Waals surface area contributed by atoms with Gasteiger partial charge < -0.3 is 15.5 Å². The van der Waals surface area contributed by atoms with Crippen molar-refractivity contribution in [3.8, 4) is 0 Å². The predicted molar refractivity (Wildman–Crippen MR) is 113 cm³/mol. The zero-order valence-electron chi connectivity index (χ0n) is 15.2. The van der Waals surface area contributed by atoms with Gasteiger partial charge in [0.25, 0.3) is 5.91 Å². The summed E-state index contributed by atoms with van der Waals surface area (Å²) in [6, 6.07) is 18.6. The lowest BCUT2D eigenvalue weighted by Gasteiger charge is -2.17. The molecule has 2 aromatic carbocycles. The van der Waals surface area contributed by atoms with Gasteiger partial charge in [-0.15, -0.1) is 10.2 Å². The fourth-order valence-electron chi connectivity index (χ4n) is 3.16. The van der Waals surface area contributed by atoms with E-state index in [1.807, 2.05) is 12.1 Å². The fraction of sp³-hybridized carbons (Fsp3) is 0.190. The van der Waals surface area contributed by atoms with Crippen molar-refractivity contribution in [2.45, 2.75) is 12.8 Å². The number of aromatic nitrogens is 2. The van der Waals surface area contributed by atoms with Crippen molar-refractivity contribution in [2.75, 3.05) is 28.6 Å². The highest BCUT2D eigenvalue weighted by molar-refractivity contribution is 6.30. The average molecular weight is 394 g/mol. The number of anilines is 4. The normalized spacial score (nSPS) is 13.4. The first-order valence-electron chi connectivity index (χ1n) is 9.20. The van der Waals surface area contributed by atoms with Crippen LogP contribution in [0.4, 0.5) is 22.9 Å². The number of benzene rings is 2. The Labute approximate surface area is 168 Å². The monoisotopic (exact) mass is 393 g/mol. The Bertz CT molecular complexity index is 953. The third-order valence-corrected chi connectivity index (χ3v) is 4.83. The van der Waals surface area contributed by atoms with Crippen molar-refractivity contribution < 1.29 is 4.79 Å². The summed E-state index contributed by atoms with van der Waals surface area (Å²) in [6.45, 7) is 2.24. The summed E-state index contributed by atoms with van der Waals surface area (Å²) < 4.78 is 0. The van der Waals surface area contributed by atoms with Gasteiger partial charge in [-0.3, -0.25) is 4.79 Å². The van der Waals surface area contributed by atoms with Gasteiger partial charge in [-0.25, -0.2) is 0 Å². The molecule has 3 aromatic rings. The van der Waals surface area contributed by atoms with Gasteiger partial charge in [0, 0.05) is 35.2 Å². The van der Waals surface area contributed by atoms with Crippen LogP contribution in [0.1, 0.15) is 23.3 Å². The van der Waals surface area contributed by atoms with Crippen LogP contribution in [0, 0.1) is 0 Å². The van der Waals surface area contributed by atoms with Gasteiger partial charge in [0.2, 0.25) is 0 Å². The van der Waals surface area contributed by atoms with Crippen LogP contribution < -0.4 is 15.5 Å². The van der Waals surface area contributed by atoms with E-state index in [4.69, 9.17) is 11.6 Å². The zero-order chi connectivity index (χ0) is 19.3. The third-order valence-electron chi connectivity index (χ3n) is 4.59. The van der Waals surface area contributed by atoms with E-state index in [1.165, 1.54) is 18.5 Å². The molecule has 1 amide bonds. The predicted octanol–water partition coefficient (Wildman–Crippen LogP) is 4.73. The summed E-state index contributed by atoms with van der Waals surface area (Å²) in [4.78, 5) is 14.7. The molecule has 142 valence electrons. The molecule has 7 heteroatoms. The minimum Gasteiger partial charge on any atom is -0.372 e. The van der Waals surface area contributed by atoms with Crippen LogP contribution in [0.2, 0.25) is 5.02 Å². The van der Waals surface area contributed by atoms with Gasteiger partial charge in [0.05, 0.1) is 0 Å². The molecule has 28 heavy (non-hydrogen) atoms. The van der Waals surface area contributed by atoms with E-state index in [0.717, 1.165) is 18.8 Å². The summed E-state index contributed by atoms with van der Waals surface area (Å²) in [5.41, 5.74) is 3.00. The number of amides is 1. The molecule has 1 aromatic heterocycles. The number of nitrogens with zero attached hydrogens (tertiary/aromatic N) is 3. The number of hydrogen-bond acceptors (Lipinski definition) is 5. The first kappa shape index (κ1) is 18.3. The maximum absolute atomic E-state index is 12.3. The highest BCUT2D eigenvalue weighted by atomic mass is 35.5. The average Bonchev–Trinajstić information content (AvgIpc) is 3.24. The second kappa shape index (κ2) is 8.27. The van der Waals surface area contributed by atoms with Crippen molar-refractivity contribution in [1.29, 1.82) is 0 Å². The smallest absolute Gasteiger partial charge is 0.276 e. The number of carbonyl (C=O) groups is 1. The minimum absolute atomic E-state index is 0.231. The molecule has 0 unspecified atom stereocenters. The second-order valence-corrected chi connectivity index (χ2v) is 7.07. The summed E-state index contributed by atoms with van der Waals surface area (Å²) in [7, 11) is 0. The highest BCUT2D eigenvalue weighted by Crippen LogP contribution is 2.23. The van der Waals surface area contributed by atoms with Gasteiger partial charge in [-0.2, -0.15) is 0 Å². The van der Waals surface area contributed by atoms with Crippen LogP contribution in [0.25, 0.3) is 0 Å². The number of rotatable bonds is 5. The van der Waals surface area contributed by atoms with Crippen LogP contribution in [-0.4, -0.2) is 29.2 Å². The van der Waals surface area contributed by atoms with Crippen LogP contribution in [0.5, 0.6) is 0 Å². The standard InChI is InChI=1S/C21H20ClN5O/c22-15-4-3-5-17(14-15)24-21(28)19-10-11-20(26-25-19)23-16-6-8-18(9-7-16)27-12-1-2-13-27/h3-11,14H,1-2,12-13H2,(H,23,26)(H,24,28). The molecule has 2 heterocycles. The summed E-state index contributed by atoms with van der Waals surface area (Å²) in [5, 5.41) is 14.6. The molecule has 0 spiro atoms. The van der Waals surface area contributed by atoms with Gasteiger partial charge in [0.15, 0.2) is 11.5 Å². The maximum Gasteiger partial charge on any atom is 0.276 e. The van der Waals surface area contributed by atoms with E-state index < -0.39 is 0 Å². The summed E-state index contributed by atoms with van der Waals surface area (Å²) in [5.74, 6) is 0.240. The molecule has 6 nitrogen and oxygen atoms in total. The molecule has 0 bridgehead atoms. The van der Waals surface area contributed by atoms with E-state index in [-0.39, 0.29) is 11.6 Å². The van der Waals surface area contributed by atoms with Crippen LogP contribution in [0.3, 0.4) is 0 Å². The van der Waals surface area contributed by atoms with Crippen molar-refractivity contribution in [3.63, 3.8) is 0 Å². The Morgan fingerprint density at radius 3 is 2.39 bits per heavy atom. The van der Waals surface area contributed by atoms with E-state index >= 15 is 0 Å². The lowest BCUT2D eigenvalue weighted by molar-refractivity contribution is 0.102. The van der Waals surface area contributed by atoms with Crippen molar-refractivity contribution in [3.05, 3.63) is 71.4 Å².